The summed E-state index contributed by atoms with van der Waals surface area (Å²) in [5, 5.41) is 15.1. The number of hydrogen-bond donors (Lipinski definition) is 0. The molecule has 19 rings (SSSR count). The van der Waals surface area contributed by atoms with Crippen molar-refractivity contribution in [3.8, 4) is 22.3 Å². The van der Waals surface area contributed by atoms with Crippen LogP contribution in [0.25, 0.3) is 139 Å². The highest BCUT2D eigenvalue weighted by Crippen LogP contribution is 2.56. The van der Waals surface area contributed by atoms with Crippen LogP contribution in [0.4, 0.5) is 34.1 Å². The Balaban J connectivity index is 0.942. The Bertz CT molecular complexity index is 5840. The average Bonchev–Trinajstić information content (AvgIpc) is 1.51. The Morgan fingerprint density at radius 3 is 1.07 bits per heavy atom. The van der Waals surface area contributed by atoms with E-state index in [1.165, 1.54) is 161 Å². The van der Waals surface area contributed by atoms with Crippen molar-refractivity contribution >= 4 is 173 Å². The van der Waals surface area contributed by atoms with Gasteiger partial charge in [0.1, 0.15) is 0 Å². The van der Waals surface area contributed by atoms with Crippen molar-refractivity contribution in [1.82, 2.24) is 8.80 Å². The lowest BCUT2D eigenvalue weighted by atomic mass is 9.85. The van der Waals surface area contributed by atoms with E-state index in [4.69, 9.17) is 0 Å². The summed E-state index contributed by atoms with van der Waals surface area (Å²) in [6.07, 6.45) is 0. The van der Waals surface area contributed by atoms with Crippen LogP contribution in [0.2, 0.25) is 0 Å². The molecule has 0 fully saturated rings. The number of nitrogens with zero attached hydrogens (tertiary/aromatic N) is 4. The highest BCUT2D eigenvalue weighted by Gasteiger charge is 2.33. The van der Waals surface area contributed by atoms with E-state index in [2.05, 4.69) is 327 Å². The number of aromatic nitrogens is 2. The average molecular weight is 1220 g/mol. The second kappa shape index (κ2) is 19.5. The number of para-hydroxylation sites is 4. The maximum atomic E-state index is 2.67. The van der Waals surface area contributed by atoms with Crippen LogP contribution in [0.5, 0.6) is 0 Å². The Kier molecular flexibility index (Phi) is 11.3. The molecule has 0 aliphatic carbocycles. The maximum absolute atomic E-state index is 2.67. The van der Waals surface area contributed by atoms with Gasteiger partial charge in [0.2, 0.25) is 0 Å². The largest absolute Gasteiger partial charge is 0.308 e. The van der Waals surface area contributed by atoms with E-state index < -0.39 is 0 Å². The van der Waals surface area contributed by atoms with E-state index in [9.17, 15) is 0 Å². The smallest absolute Gasteiger partial charge is 0.0641 e. The van der Waals surface area contributed by atoms with Gasteiger partial charge in [0.25, 0.3) is 0 Å². The summed E-state index contributed by atoms with van der Waals surface area (Å²) in [5.74, 6) is 0. The van der Waals surface area contributed by atoms with Crippen molar-refractivity contribution in [3.63, 3.8) is 0 Å². The lowest BCUT2D eigenvalue weighted by Gasteiger charge is -2.29. The molecule has 0 unspecified atom stereocenters. The third kappa shape index (κ3) is 7.50. The van der Waals surface area contributed by atoms with Crippen molar-refractivity contribution < 1.29 is 0 Å². The molecule has 0 spiro atoms. The predicted molar refractivity (Wildman–Crippen MR) is 399 cm³/mol. The molecule has 13 aromatic carbocycles. The Morgan fingerprint density at radius 2 is 0.630 bits per heavy atom. The van der Waals surface area contributed by atoms with Gasteiger partial charge in [0, 0.05) is 85.2 Å². The SMILES string of the molecule is CC(C)(C)c1cccc2c3c(N(c4ccccc4-c4ccccc4)c4cccc5c4sc4ccccc45)ccc4c5cc6c(cc5n(c12)c43)c1ccc(N(c2ccccc2-c2ccccc2)c2cccc3c2sc2ccccc23)c2c3cccc(C(C)(C)C)c3n6c12. The van der Waals surface area contributed by atoms with Gasteiger partial charge in [-0.25, -0.2) is 0 Å². The van der Waals surface area contributed by atoms with E-state index in [-0.39, 0.29) is 10.8 Å². The molecule has 0 aliphatic rings. The summed E-state index contributed by atoms with van der Waals surface area (Å²) in [4.78, 5) is 5.20. The van der Waals surface area contributed by atoms with Crippen LogP contribution >= 0.6 is 22.7 Å². The number of anilines is 6. The molecular weight excluding hydrogens is 1150 g/mol. The molecule has 6 heteroatoms. The monoisotopic (exact) mass is 1210 g/mol. The Morgan fingerprint density at radius 1 is 0.272 bits per heavy atom. The minimum atomic E-state index is -0.177. The highest BCUT2D eigenvalue weighted by atomic mass is 32.1. The van der Waals surface area contributed by atoms with E-state index >= 15 is 0 Å². The van der Waals surface area contributed by atoms with Crippen LogP contribution in [-0.4, -0.2) is 8.80 Å². The fraction of sp³-hybridized carbons (Fsp3) is 0.0930. The molecule has 0 bridgehead atoms. The standard InChI is InChI=1S/C86H62N4S2/c1-85(2,3)65-37-21-35-61-77-69(87(67-39-17-13-29-53(67)51-25-9-7-10-26-51)71-41-23-33-59-55-31-15-19-43-75(55)91-83(59)71)47-45-57-63-50-74-64(49-73(63)89(79(61)65)81(57)77)58-46-48-70(78-62-36-22-38-66(86(4,5)6)80(62)90(74)82(58)78)88(68-40-18-14-30-54(68)52-27-11-8-12-28-52)72-42-24-34-60-56-32-16-20-44-76(56)92-84(60)72/h7-50H,1-6H3. The molecule has 0 radical (unpaired) electrons. The van der Waals surface area contributed by atoms with Crippen LogP contribution in [-0.2, 0) is 10.8 Å². The quantitative estimate of drug-likeness (QED) is 0.151. The molecule has 438 valence electrons. The molecular formula is C86H62N4S2. The number of benzene rings is 13. The molecule has 0 saturated carbocycles. The lowest BCUT2D eigenvalue weighted by Crippen LogP contribution is -2.12. The molecule has 4 nitrogen and oxygen atoms in total. The van der Waals surface area contributed by atoms with Crippen LogP contribution in [0.1, 0.15) is 52.7 Å². The summed E-state index contributed by atoms with van der Waals surface area (Å²) < 4.78 is 10.5. The maximum Gasteiger partial charge on any atom is 0.0641 e. The van der Waals surface area contributed by atoms with Gasteiger partial charge in [-0.05, 0) is 93.7 Å². The molecule has 6 aromatic heterocycles. The summed E-state index contributed by atoms with van der Waals surface area (Å²) in [5.41, 5.74) is 21.4. The number of hydrogen-bond acceptors (Lipinski definition) is 4. The molecule has 0 atom stereocenters. The minimum Gasteiger partial charge on any atom is -0.308 e. The number of fused-ring (bicyclic) bond motifs is 18. The number of thiophene rings is 2. The van der Waals surface area contributed by atoms with E-state index in [1.807, 2.05) is 22.7 Å². The van der Waals surface area contributed by atoms with Gasteiger partial charge < -0.3 is 18.6 Å². The zero-order valence-corrected chi connectivity index (χ0v) is 53.6. The minimum absolute atomic E-state index is 0.177. The second-order valence-corrected chi connectivity index (χ2v) is 29.2. The normalized spacial score (nSPS) is 12.7. The van der Waals surface area contributed by atoms with Gasteiger partial charge >= 0.3 is 0 Å². The molecule has 92 heavy (non-hydrogen) atoms. The van der Waals surface area contributed by atoms with Crippen LogP contribution < -0.4 is 9.80 Å². The Hall–Kier alpha value is -10.5. The zero-order chi connectivity index (χ0) is 61.5. The predicted octanol–water partition coefficient (Wildman–Crippen LogP) is 25.6. The molecule has 0 amide bonds. The van der Waals surface area contributed by atoms with Gasteiger partial charge in [-0.15, -0.1) is 22.7 Å². The summed E-state index contributed by atoms with van der Waals surface area (Å²) >= 11 is 3.78. The molecule has 19 aromatic rings. The van der Waals surface area contributed by atoms with Crippen molar-refractivity contribution in [1.29, 1.82) is 0 Å². The fourth-order valence-electron chi connectivity index (χ4n) is 15.9. The number of rotatable bonds is 8. The molecule has 0 saturated heterocycles. The first kappa shape index (κ1) is 53.3. The first-order valence-electron chi connectivity index (χ1n) is 32.1. The van der Waals surface area contributed by atoms with Gasteiger partial charge in [0.05, 0.1) is 76.6 Å². The van der Waals surface area contributed by atoms with Crippen molar-refractivity contribution in [3.05, 3.63) is 278 Å². The first-order valence-corrected chi connectivity index (χ1v) is 33.7. The third-order valence-electron chi connectivity index (χ3n) is 19.8. The van der Waals surface area contributed by atoms with Crippen LogP contribution in [0.15, 0.2) is 267 Å². The van der Waals surface area contributed by atoms with Crippen molar-refractivity contribution in [2.75, 3.05) is 9.80 Å². The fourth-order valence-corrected chi connectivity index (χ4v) is 18.3. The third-order valence-corrected chi connectivity index (χ3v) is 22.2. The van der Waals surface area contributed by atoms with Crippen LogP contribution in [0.3, 0.4) is 0 Å². The van der Waals surface area contributed by atoms with E-state index in [0.717, 1.165) is 22.7 Å². The van der Waals surface area contributed by atoms with Gasteiger partial charge in [-0.3, -0.25) is 0 Å². The zero-order valence-electron chi connectivity index (χ0n) is 52.0. The van der Waals surface area contributed by atoms with Crippen LogP contribution in [0, 0.1) is 0 Å². The highest BCUT2D eigenvalue weighted by molar-refractivity contribution is 7.26. The van der Waals surface area contributed by atoms with Gasteiger partial charge in [0.15, 0.2) is 0 Å². The Labute approximate surface area is 541 Å². The van der Waals surface area contributed by atoms with Gasteiger partial charge in [-0.2, -0.15) is 0 Å². The molecule has 0 N–H and O–H groups in total. The van der Waals surface area contributed by atoms with E-state index in [0.29, 0.717) is 0 Å². The van der Waals surface area contributed by atoms with Crippen molar-refractivity contribution in [2.24, 2.45) is 0 Å². The topological polar surface area (TPSA) is 15.3 Å². The van der Waals surface area contributed by atoms with Gasteiger partial charge in [-0.1, -0.05) is 248 Å². The summed E-state index contributed by atoms with van der Waals surface area (Å²) in [6, 6.07) is 101. The summed E-state index contributed by atoms with van der Waals surface area (Å²) in [7, 11) is 0. The lowest BCUT2D eigenvalue weighted by molar-refractivity contribution is 0.594. The van der Waals surface area contributed by atoms with Crippen molar-refractivity contribution in [2.45, 2.75) is 52.4 Å². The second-order valence-electron chi connectivity index (χ2n) is 27.1. The first-order chi connectivity index (χ1) is 45.0. The summed E-state index contributed by atoms with van der Waals surface area (Å²) in [6.45, 7) is 14.3. The van der Waals surface area contributed by atoms with E-state index in [1.54, 1.807) is 0 Å². The molecule has 6 heterocycles. The molecule has 0 aliphatic heterocycles.